The van der Waals surface area contributed by atoms with Gasteiger partial charge in [-0.25, -0.2) is 0 Å². The largest absolute Gasteiger partial charge is 0.481 e. The highest BCUT2D eigenvalue weighted by atomic mass is 16.6. The third kappa shape index (κ3) is 4.34. The van der Waals surface area contributed by atoms with Crippen LogP contribution in [0.4, 0.5) is 0 Å². The molecule has 1 heterocycles. The topological polar surface area (TPSA) is 83.9 Å². The first-order valence-electron chi connectivity index (χ1n) is 7.97. The van der Waals surface area contributed by atoms with Gasteiger partial charge in [0.05, 0.1) is 0 Å². The minimum atomic E-state index is -1.18. The van der Waals surface area contributed by atoms with Crippen LogP contribution in [0.15, 0.2) is 30.3 Å². The van der Waals surface area contributed by atoms with E-state index in [1.807, 2.05) is 30.3 Å². The zero-order chi connectivity index (χ0) is 17.9. The Kier molecular flexibility index (Phi) is 5.26. The van der Waals surface area contributed by atoms with Crippen LogP contribution >= 0.6 is 0 Å². The summed E-state index contributed by atoms with van der Waals surface area (Å²) in [4.78, 5) is 37.5. The van der Waals surface area contributed by atoms with Crippen LogP contribution in [0.1, 0.15) is 38.7 Å². The first-order valence-corrected chi connectivity index (χ1v) is 7.97. The molecule has 130 valence electrons. The van der Waals surface area contributed by atoms with E-state index in [-0.39, 0.29) is 12.5 Å². The highest BCUT2D eigenvalue weighted by molar-refractivity contribution is 5.99. The predicted octanol–water partition coefficient (Wildman–Crippen LogP) is 2.04. The Labute approximate surface area is 141 Å². The first-order chi connectivity index (χ1) is 11.2. The Morgan fingerprint density at radius 2 is 1.88 bits per heavy atom. The zero-order valence-corrected chi connectivity index (χ0v) is 14.2. The summed E-state index contributed by atoms with van der Waals surface area (Å²) in [6.07, 6.45) is 0.496. The van der Waals surface area contributed by atoms with Crippen molar-refractivity contribution in [3.05, 3.63) is 35.9 Å². The molecule has 1 saturated heterocycles. The second kappa shape index (κ2) is 7.03. The van der Waals surface area contributed by atoms with Gasteiger partial charge in [-0.2, -0.15) is 0 Å². The average molecular weight is 333 g/mol. The number of carbonyl (C=O) groups is 3. The SMILES string of the molecule is CC(C)(C)OC(=O)CN1CC[C@H](c2ccccc2)[C@@H](C(=O)O)C1=O. The molecule has 1 N–H and O–H groups in total. The van der Waals surface area contributed by atoms with E-state index in [0.717, 1.165) is 5.56 Å². The molecule has 2 atom stereocenters. The number of hydrogen-bond acceptors (Lipinski definition) is 4. The maximum atomic E-state index is 12.6. The van der Waals surface area contributed by atoms with E-state index in [9.17, 15) is 19.5 Å². The highest BCUT2D eigenvalue weighted by Crippen LogP contribution is 2.34. The Hall–Kier alpha value is -2.37. The van der Waals surface area contributed by atoms with E-state index in [4.69, 9.17) is 4.74 Å². The van der Waals surface area contributed by atoms with Crippen molar-refractivity contribution in [3.8, 4) is 0 Å². The number of carbonyl (C=O) groups excluding carboxylic acids is 2. The molecular formula is C18H23NO5. The van der Waals surface area contributed by atoms with Gasteiger partial charge in [-0.1, -0.05) is 30.3 Å². The normalized spacial score (nSPS) is 21.5. The summed E-state index contributed by atoms with van der Waals surface area (Å²) in [5.74, 6) is -3.79. The second-order valence-corrected chi connectivity index (χ2v) is 6.97. The molecule has 0 aliphatic carbocycles. The Morgan fingerprint density at radius 1 is 1.25 bits per heavy atom. The van der Waals surface area contributed by atoms with Crippen molar-refractivity contribution in [2.24, 2.45) is 5.92 Å². The molecule has 2 rings (SSSR count). The smallest absolute Gasteiger partial charge is 0.326 e. The molecule has 0 saturated carbocycles. The number of ether oxygens (including phenoxy) is 1. The quantitative estimate of drug-likeness (QED) is 0.673. The van der Waals surface area contributed by atoms with Gasteiger partial charge in [0, 0.05) is 12.5 Å². The number of nitrogens with zero attached hydrogens (tertiary/aromatic N) is 1. The Balaban J connectivity index is 2.14. The summed E-state index contributed by atoms with van der Waals surface area (Å²) in [6, 6.07) is 9.16. The molecule has 0 unspecified atom stereocenters. The van der Waals surface area contributed by atoms with Gasteiger partial charge in [0.15, 0.2) is 0 Å². The molecule has 0 bridgehead atoms. The van der Waals surface area contributed by atoms with Crippen LogP contribution in [-0.2, 0) is 19.1 Å². The maximum Gasteiger partial charge on any atom is 0.326 e. The molecule has 1 aliphatic rings. The summed E-state index contributed by atoms with van der Waals surface area (Å²) in [5.41, 5.74) is 0.185. The number of hydrogen-bond donors (Lipinski definition) is 1. The lowest BCUT2D eigenvalue weighted by Crippen LogP contribution is -2.50. The van der Waals surface area contributed by atoms with Gasteiger partial charge in [0.2, 0.25) is 5.91 Å². The van der Waals surface area contributed by atoms with Crippen LogP contribution in [0.3, 0.4) is 0 Å². The molecule has 6 heteroatoms. The molecule has 24 heavy (non-hydrogen) atoms. The molecule has 0 radical (unpaired) electrons. The summed E-state index contributed by atoms with van der Waals surface area (Å²) in [6.45, 7) is 5.35. The third-order valence-corrected chi connectivity index (χ3v) is 3.92. The average Bonchev–Trinajstić information content (AvgIpc) is 2.47. The van der Waals surface area contributed by atoms with E-state index in [0.29, 0.717) is 13.0 Å². The fourth-order valence-corrected chi connectivity index (χ4v) is 2.96. The molecule has 1 aliphatic heterocycles. The number of piperidine rings is 1. The van der Waals surface area contributed by atoms with E-state index >= 15 is 0 Å². The van der Waals surface area contributed by atoms with Crippen molar-refractivity contribution in [2.45, 2.75) is 38.7 Å². The van der Waals surface area contributed by atoms with Crippen LogP contribution in [-0.4, -0.2) is 46.5 Å². The van der Waals surface area contributed by atoms with Crippen molar-refractivity contribution in [2.75, 3.05) is 13.1 Å². The number of likely N-dealkylation sites (tertiary alicyclic amines) is 1. The van der Waals surface area contributed by atoms with Gasteiger partial charge in [-0.05, 0) is 32.8 Å². The van der Waals surface area contributed by atoms with E-state index in [1.165, 1.54) is 4.90 Å². The van der Waals surface area contributed by atoms with Crippen molar-refractivity contribution < 1.29 is 24.2 Å². The van der Waals surface area contributed by atoms with Gasteiger partial charge in [0.25, 0.3) is 0 Å². The lowest BCUT2D eigenvalue weighted by molar-refractivity contribution is -0.164. The number of amides is 1. The molecule has 0 aromatic heterocycles. The summed E-state index contributed by atoms with van der Waals surface area (Å²) in [5, 5.41) is 9.52. The molecule has 1 fully saturated rings. The van der Waals surface area contributed by atoms with Gasteiger partial charge < -0.3 is 14.7 Å². The Morgan fingerprint density at radius 3 is 2.42 bits per heavy atom. The van der Waals surface area contributed by atoms with Crippen molar-refractivity contribution in [3.63, 3.8) is 0 Å². The monoisotopic (exact) mass is 333 g/mol. The first kappa shape index (κ1) is 18.0. The number of esters is 1. The predicted molar refractivity (Wildman–Crippen MR) is 87.4 cm³/mol. The Bertz CT molecular complexity index is 620. The minimum absolute atomic E-state index is 0.221. The van der Waals surface area contributed by atoms with Crippen LogP contribution in [0, 0.1) is 5.92 Å². The standard InChI is InChI=1S/C18H23NO5/c1-18(2,3)24-14(20)11-19-10-9-13(12-7-5-4-6-8-12)15(16(19)21)17(22)23/h4-8,13,15H,9-11H2,1-3H3,(H,22,23)/t13-,15-/m1/s1. The van der Waals surface area contributed by atoms with Gasteiger partial charge >= 0.3 is 11.9 Å². The molecular weight excluding hydrogens is 310 g/mol. The van der Waals surface area contributed by atoms with Gasteiger partial charge in [0.1, 0.15) is 18.1 Å². The van der Waals surface area contributed by atoms with Crippen molar-refractivity contribution in [1.29, 1.82) is 0 Å². The second-order valence-electron chi connectivity index (χ2n) is 6.97. The molecule has 1 aromatic rings. The fourth-order valence-electron chi connectivity index (χ4n) is 2.96. The fraction of sp³-hybridized carbons (Fsp3) is 0.500. The summed E-state index contributed by atoms with van der Waals surface area (Å²) >= 11 is 0. The van der Waals surface area contributed by atoms with Crippen LogP contribution in [0.5, 0.6) is 0 Å². The number of carboxylic acids is 1. The molecule has 1 amide bonds. The van der Waals surface area contributed by atoms with Crippen molar-refractivity contribution in [1.82, 2.24) is 4.90 Å². The third-order valence-electron chi connectivity index (χ3n) is 3.92. The van der Waals surface area contributed by atoms with E-state index in [2.05, 4.69) is 0 Å². The van der Waals surface area contributed by atoms with Crippen LogP contribution in [0.2, 0.25) is 0 Å². The molecule has 1 aromatic carbocycles. The van der Waals surface area contributed by atoms with Gasteiger partial charge in [-0.3, -0.25) is 14.4 Å². The zero-order valence-electron chi connectivity index (χ0n) is 14.2. The highest BCUT2D eigenvalue weighted by Gasteiger charge is 2.42. The molecule has 0 spiro atoms. The number of carboxylic acid groups (broad SMARTS) is 1. The number of rotatable bonds is 4. The summed E-state index contributed by atoms with van der Waals surface area (Å²) < 4.78 is 5.22. The van der Waals surface area contributed by atoms with E-state index in [1.54, 1.807) is 20.8 Å². The number of aliphatic carboxylic acids is 1. The van der Waals surface area contributed by atoms with Gasteiger partial charge in [-0.15, -0.1) is 0 Å². The summed E-state index contributed by atoms with van der Waals surface area (Å²) in [7, 11) is 0. The van der Waals surface area contributed by atoms with Crippen LogP contribution in [0.25, 0.3) is 0 Å². The minimum Gasteiger partial charge on any atom is -0.481 e. The van der Waals surface area contributed by atoms with Crippen molar-refractivity contribution >= 4 is 17.8 Å². The van der Waals surface area contributed by atoms with Crippen LogP contribution < -0.4 is 0 Å². The van der Waals surface area contributed by atoms with E-state index < -0.39 is 29.4 Å². The maximum absolute atomic E-state index is 12.6. The number of benzene rings is 1. The molecule has 6 nitrogen and oxygen atoms in total. The lowest BCUT2D eigenvalue weighted by Gasteiger charge is -2.36. The lowest BCUT2D eigenvalue weighted by atomic mass is 9.80.